The van der Waals surface area contributed by atoms with Gasteiger partial charge >= 0.3 is 0 Å². The fourth-order valence-electron chi connectivity index (χ4n) is 3.62. The number of carbonyl (C=O) groups is 2. The van der Waals surface area contributed by atoms with Gasteiger partial charge in [-0.2, -0.15) is 5.01 Å². The fourth-order valence-corrected chi connectivity index (χ4v) is 3.62. The molecule has 0 saturated carbocycles. The number of hydrogen-bond acceptors (Lipinski definition) is 5. The number of hydrazone groups is 1. The summed E-state index contributed by atoms with van der Waals surface area (Å²) in [4.78, 5) is 24.7. The molecule has 0 spiro atoms. The molecule has 7 heteroatoms. The third kappa shape index (κ3) is 4.68. The van der Waals surface area contributed by atoms with E-state index in [0.29, 0.717) is 34.4 Å². The lowest BCUT2D eigenvalue weighted by molar-refractivity contribution is -0.135. The number of amides is 2. The van der Waals surface area contributed by atoms with Crippen LogP contribution in [0.15, 0.2) is 84.5 Å². The zero-order chi connectivity index (χ0) is 24.2. The number of phenols is 1. The van der Waals surface area contributed by atoms with Gasteiger partial charge in [0.25, 0.3) is 5.91 Å². The number of allylic oxidation sites excluding steroid dienone is 1. The molecule has 1 aliphatic rings. The molecule has 3 aromatic rings. The molecule has 0 radical (unpaired) electrons. The number of anilines is 1. The van der Waals surface area contributed by atoms with Gasteiger partial charge in [0.15, 0.2) is 0 Å². The van der Waals surface area contributed by atoms with Gasteiger partial charge in [-0.25, -0.2) is 0 Å². The van der Waals surface area contributed by atoms with Crippen LogP contribution in [0.2, 0.25) is 0 Å². The van der Waals surface area contributed by atoms with Gasteiger partial charge in [-0.1, -0.05) is 35.9 Å². The minimum Gasteiger partial charge on any atom is -0.507 e. The minimum atomic E-state index is -0.891. The maximum atomic E-state index is 12.5. The second-order valence-electron chi connectivity index (χ2n) is 7.98. The molecule has 0 saturated heterocycles. The molecule has 2 N–H and O–H groups in total. The molecule has 172 valence electrons. The number of carbonyl (C=O) groups excluding carboxylic acids is 2. The first-order valence-corrected chi connectivity index (χ1v) is 10.8. The molecule has 34 heavy (non-hydrogen) atoms. The molecule has 3 aromatic carbocycles. The third-order valence-corrected chi connectivity index (χ3v) is 5.45. The predicted molar refractivity (Wildman–Crippen MR) is 130 cm³/mol. The molecule has 0 unspecified atom stereocenters. The van der Waals surface area contributed by atoms with Crippen molar-refractivity contribution >= 4 is 23.4 Å². The van der Waals surface area contributed by atoms with E-state index < -0.39 is 6.23 Å². The van der Waals surface area contributed by atoms with Gasteiger partial charge in [0, 0.05) is 23.7 Å². The number of benzene rings is 3. The summed E-state index contributed by atoms with van der Waals surface area (Å²) in [5.41, 5.74) is 4.01. The van der Waals surface area contributed by atoms with Crippen molar-refractivity contribution in [2.75, 3.05) is 5.32 Å². The van der Waals surface area contributed by atoms with E-state index in [-0.39, 0.29) is 23.5 Å². The molecule has 4 rings (SSSR count). The Balaban J connectivity index is 1.53. The number of rotatable bonds is 6. The van der Waals surface area contributed by atoms with Gasteiger partial charge < -0.3 is 15.2 Å². The van der Waals surface area contributed by atoms with Crippen molar-refractivity contribution in [1.29, 1.82) is 0 Å². The van der Waals surface area contributed by atoms with Crippen LogP contribution < -0.4 is 5.32 Å². The van der Waals surface area contributed by atoms with E-state index in [0.717, 1.165) is 5.56 Å². The second-order valence-corrected chi connectivity index (χ2v) is 7.98. The first-order chi connectivity index (χ1) is 16.4. The minimum absolute atomic E-state index is 0.0456. The van der Waals surface area contributed by atoms with E-state index in [1.54, 1.807) is 60.7 Å². The van der Waals surface area contributed by atoms with Crippen molar-refractivity contribution < 1.29 is 19.4 Å². The summed E-state index contributed by atoms with van der Waals surface area (Å²) in [6.45, 7) is 7.06. The average Bonchev–Trinajstić information content (AvgIpc) is 3.27. The van der Waals surface area contributed by atoms with Crippen LogP contribution in [0.3, 0.4) is 0 Å². The number of phenolic OH excluding ortho intramolecular Hbond substituents is 1. The van der Waals surface area contributed by atoms with Crippen LogP contribution in [0, 0.1) is 6.92 Å². The molecule has 1 aliphatic heterocycles. The van der Waals surface area contributed by atoms with Crippen LogP contribution in [0.25, 0.3) is 0 Å². The van der Waals surface area contributed by atoms with Crippen molar-refractivity contribution in [3.63, 3.8) is 0 Å². The van der Waals surface area contributed by atoms with Crippen LogP contribution in [-0.2, 0) is 16.0 Å². The van der Waals surface area contributed by atoms with Gasteiger partial charge in [-0.15, -0.1) is 11.7 Å². The number of nitrogens with one attached hydrogen (secondary N) is 1. The number of para-hydroxylation sites is 1. The highest BCUT2D eigenvalue weighted by Gasteiger charge is 2.35. The van der Waals surface area contributed by atoms with E-state index in [1.807, 2.05) is 19.1 Å². The lowest BCUT2D eigenvalue weighted by Crippen LogP contribution is -2.25. The summed E-state index contributed by atoms with van der Waals surface area (Å²) in [7, 11) is 0. The lowest BCUT2D eigenvalue weighted by Gasteiger charge is -2.21. The fraction of sp³-hybridized carbons (Fsp3) is 0.148. The largest absolute Gasteiger partial charge is 0.507 e. The van der Waals surface area contributed by atoms with Gasteiger partial charge in [0.2, 0.25) is 18.0 Å². The van der Waals surface area contributed by atoms with E-state index in [2.05, 4.69) is 17.0 Å². The molecule has 0 bridgehead atoms. The molecule has 2 amide bonds. The van der Waals surface area contributed by atoms with Crippen molar-refractivity contribution in [2.45, 2.75) is 26.5 Å². The normalized spacial score (nSPS) is 14.8. The number of ether oxygens (including phenoxy) is 1. The highest BCUT2D eigenvalue weighted by Crippen LogP contribution is 2.37. The zero-order valence-corrected chi connectivity index (χ0v) is 19.0. The SMILES string of the molecule is C=CCc1cccc([C@@H]2OC(c3ccc(NC(=O)c4ccc(C)cc4)cc3)=NN2C(C)=O)c1O. The number of aromatic hydroxyl groups is 1. The smallest absolute Gasteiger partial charge is 0.255 e. The average molecular weight is 456 g/mol. The molecule has 0 aliphatic carbocycles. The summed E-state index contributed by atoms with van der Waals surface area (Å²) in [6.07, 6.45) is 1.28. The van der Waals surface area contributed by atoms with E-state index in [9.17, 15) is 14.7 Å². The highest BCUT2D eigenvalue weighted by atomic mass is 16.5. The maximum Gasteiger partial charge on any atom is 0.255 e. The Morgan fingerprint density at radius 2 is 1.82 bits per heavy atom. The standard InChI is InChI=1S/C27H25N3O4/c1-4-6-19-7-5-8-23(24(19)32)27-30(18(3)31)29-26(34-27)21-13-15-22(16-14-21)28-25(33)20-11-9-17(2)10-12-20/h4-5,7-16,27,32H,1,6H2,2-3H3,(H,28,33)/t27-/m0/s1. The van der Waals surface area contributed by atoms with Gasteiger partial charge in [-0.05, 0) is 61.4 Å². The number of hydrogen-bond donors (Lipinski definition) is 2. The monoisotopic (exact) mass is 455 g/mol. The Kier molecular flexibility index (Phi) is 6.45. The summed E-state index contributed by atoms with van der Waals surface area (Å²) < 4.78 is 6.00. The number of nitrogens with zero attached hydrogens (tertiary/aromatic N) is 2. The quantitative estimate of drug-likeness (QED) is 0.516. The molecular weight excluding hydrogens is 430 g/mol. The van der Waals surface area contributed by atoms with Crippen molar-refractivity contribution in [2.24, 2.45) is 5.10 Å². The number of aryl methyl sites for hydroxylation is 1. The Morgan fingerprint density at radius 3 is 2.47 bits per heavy atom. The Hall–Kier alpha value is -4.39. The Bertz CT molecular complexity index is 1260. The van der Waals surface area contributed by atoms with Crippen LogP contribution in [0.1, 0.15) is 45.8 Å². The molecular formula is C27H25N3O4. The summed E-state index contributed by atoms with van der Waals surface area (Å²) in [5, 5.41) is 19.1. The van der Waals surface area contributed by atoms with E-state index >= 15 is 0 Å². The van der Waals surface area contributed by atoms with Crippen LogP contribution in [0.4, 0.5) is 5.69 Å². The lowest BCUT2D eigenvalue weighted by atomic mass is 10.0. The zero-order valence-electron chi connectivity index (χ0n) is 19.0. The molecule has 7 nitrogen and oxygen atoms in total. The molecule has 1 atom stereocenters. The Morgan fingerprint density at radius 1 is 1.12 bits per heavy atom. The molecule has 0 fully saturated rings. The topological polar surface area (TPSA) is 91.2 Å². The van der Waals surface area contributed by atoms with Gasteiger partial charge in [0.05, 0.1) is 5.56 Å². The van der Waals surface area contributed by atoms with E-state index in [4.69, 9.17) is 4.74 Å². The summed E-state index contributed by atoms with van der Waals surface area (Å²) in [5.74, 6) is -0.246. The van der Waals surface area contributed by atoms with Gasteiger partial charge in [-0.3, -0.25) is 9.59 Å². The van der Waals surface area contributed by atoms with Crippen molar-refractivity contribution in [1.82, 2.24) is 5.01 Å². The van der Waals surface area contributed by atoms with Crippen molar-refractivity contribution in [3.05, 3.63) is 107 Å². The molecule has 1 heterocycles. The predicted octanol–water partition coefficient (Wildman–Crippen LogP) is 4.92. The maximum absolute atomic E-state index is 12.5. The third-order valence-electron chi connectivity index (χ3n) is 5.45. The van der Waals surface area contributed by atoms with E-state index in [1.165, 1.54) is 11.9 Å². The van der Waals surface area contributed by atoms with Crippen molar-refractivity contribution in [3.8, 4) is 5.75 Å². The van der Waals surface area contributed by atoms with Crippen LogP contribution in [0.5, 0.6) is 5.75 Å². The first-order valence-electron chi connectivity index (χ1n) is 10.8. The molecule has 0 aromatic heterocycles. The second kappa shape index (κ2) is 9.62. The van der Waals surface area contributed by atoms with Gasteiger partial charge in [0.1, 0.15) is 5.75 Å². The summed E-state index contributed by atoms with van der Waals surface area (Å²) in [6, 6.07) is 19.6. The van der Waals surface area contributed by atoms with Crippen LogP contribution in [-0.4, -0.2) is 27.8 Å². The van der Waals surface area contributed by atoms with Crippen LogP contribution >= 0.6 is 0 Å². The summed E-state index contributed by atoms with van der Waals surface area (Å²) >= 11 is 0. The Labute approximate surface area is 198 Å². The first kappa shape index (κ1) is 22.8. The highest BCUT2D eigenvalue weighted by molar-refractivity contribution is 6.04.